The van der Waals surface area contributed by atoms with Gasteiger partial charge in [-0.2, -0.15) is 4.39 Å². The van der Waals surface area contributed by atoms with Crippen LogP contribution in [0.15, 0.2) is 24.3 Å². The van der Waals surface area contributed by atoms with E-state index >= 15 is 8.78 Å². The molecule has 0 spiro atoms. The van der Waals surface area contributed by atoms with Crippen LogP contribution in [0.5, 0.6) is 5.75 Å². The molecule has 0 unspecified atom stereocenters. The Balaban J connectivity index is 1.43. The first kappa shape index (κ1) is 35.4. The van der Waals surface area contributed by atoms with E-state index in [0.29, 0.717) is 24.5 Å². The Labute approximate surface area is 259 Å². The van der Waals surface area contributed by atoms with Gasteiger partial charge in [0.05, 0.1) is 6.61 Å². The highest BCUT2D eigenvalue weighted by Gasteiger charge is 2.24. The van der Waals surface area contributed by atoms with Crippen molar-refractivity contribution in [3.63, 3.8) is 0 Å². The summed E-state index contributed by atoms with van der Waals surface area (Å²) in [5.74, 6) is -3.30. The van der Waals surface area contributed by atoms with E-state index in [-0.39, 0.29) is 16.9 Å². The molecule has 0 heterocycles. The number of ether oxygens (including phenoxy) is 1. The van der Waals surface area contributed by atoms with Gasteiger partial charge in [-0.25, -0.2) is 13.2 Å². The average molecular weight is 605 g/mol. The molecule has 1 aliphatic rings. The Morgan fingerprint density at radius 1 is 0.535 bits per heavy atom. The van der Waals surface area contributed by atoms with E-state index in [9.17, 15) is 8.78 Å². The third-order valence-electron chi connectivity index (χ3n) is 9.51. The maximum absolute atomic E-state index is 15.1. The molecule has 2 aromatic rings. The molecule has 1 saturated carbocycles. The van der Waals surface area contributed by atoms with Crippen LogP contribution in [0, 0.1) is 35.1 Å². The van der Waals surface area contributed by atoms with Gasteiger partial charge in [0, 0.05) is 11.1 Å². The summed E-state index contributed by atoms with van der Waals surface area (Å²) in [5.41, 5.74) is -0.245. The van der Waals surface area contributed by atoms with Gasteiger partial charge in [-0.05, 0) is 48.8 Å². The predicted molar refractivity (Wildman–Crippen MR) is 172 cm³/mol. The molecule has 1 fully saturated rings. The first-order chi connectivity index (χ1) is 21.0. The van der Waals surface area contributed by atoms with Gasteiger partial charge in [-0.1, -0.05) is 142 Å². The lowest BCUT2D eigenvalue weighted by Gasteiger charge is -2.28. The summed E-state index contributed by atoms with van der Waals surface area (Å²) in [6, 6.07) is 5.49. The Morgan fingerprint density at radius 3 is 1.63 bits per heavy atom. The molecule has 0 aliphatic heterocycles. The van der Waals surface area contributed by atoms with Gasteiger partial charge < -0.3 is 4.74 Å². The molecule has 5 heteroatoms. The molecule has 242 valence electrons. The van der Waals surface area contributed by atoms with Gasteiger partial charge in [0.2, 0.25) is 5.82 Å². The van der Waals surface area contributed by atoms with Gasteiger partial charge in [-0.3, -0.25) is 0 Å². The largest absolute Gasteiger partial charge is 0.490 e. The summed E-state index contributed by atoms with van der Waals surface area (Å²) in [4.78, 5) is 0. The molecule has 0 amide bonds. The maximum atomic E-state index is 15.1. The van der Waals surface area contributed by atoms with Crippen molar-refractivity contribution in [3.8, 4) is 16.9 Å². The molecule has 43 heavy (non-hydrogen) atoms. The Bertz CT molecular complexity index is 1060. The second-order valence-electron chi connectivity index (χ2n) is 12.9. The SMILES string of the molecule is CCCCCCCCCCC1CCC(CCc2ccc(-c3ccc(OCCCCCCCC)c(F)c3F)c(F)c2F)CC1. The predicted octanol–water partition coefficient (Wildman–Crippen LogP) is 12.9. The van der Waals surface area contributed by atoms with Crippen LogP contribution in [0.25, 0.3) is 11.1 Å². The highest BCUT2D eigenvalue weighted by molar-refractivity contribution is 5.66. The van der Waals surface area contributed by atoms with E-state index in [2.05, 4.69) is 13.8 Å². The lowest BCUT2D eigenvalue weighted by Crippen LogP contribution is -2.15. The quantitative estimate of drug-likeness (QED) is 0.102. The van der Waals surface area contributed by atoms with E-state index in [0.717, 1.165) is 50.9 Å². The second kappa shape index (κ2) is 20.1. The zero-order valence-corrected chi connectivity index (χ0v) is 26.9. The molecule has 2 aromatic carbocycles. The fourth-order valence-corrected chi connectivity index (χ4v) is 6.64. The lowest BCUT2D eigenvalue weighted by molar-refractivity contribution is 0.248. The highest BCUT2D eigenvalue weighted by atomic mass is 19.2. The van der Waals surface area contributed by atoms with Crippen molar-refractivity contribution in [1.29, 1.82) is 0 Å². The van der Waals surface area contributed by atoms with Gasteiger partial charge in [-0.15, -0.1) is 0 Å². The normalized spacial score (nSPS) is 17.0. The number of hydrogen-bond donors (Lipinski definition) is 0. The van der Waals surface area contributed by atoms with Crippen molar-refractivity contribution in [1.82, 2.24) is 0 Å². The fourth-order valence-electron chi connectivity index (χ4n) is 6.64. The molecule has 1 aliphatic carbocycles. The minimum atomic E-state index is -1.21. The van der Waals surface area contributed by atoms with Crippen LogP contribution in [-0.2, 0) is 6.42 Å². The highest BCUT2D eigenvalue weighted by Crippen LogP contribution is 2.36. The van der Waals surface area contributed by atoms with Crippen LogP contribution < -0.4 is 4.74 Å². The summed E-state index contributed by atoms with van der Waals surface area (Å²) in [5, 5.41) is 0. The van der Waals surface area contributed by atoms with E-state index in [1.807, 2.05) is 0 Å². The third-order valence-corrected chi connectivity index (χ3v) is 9.51. The molecule has 3 rings (SSSR count). The second-order valence-corrected chi connectivity index (χ2v) is 12.9. The van der Waals surface area contributed by atoms with Crippen LogP contribution in [0.4, 0.5) is 17.6 Å². The molecule has 0 N–H and O–H groups in total. The molecule has 0 bridgehead atoms. The third kappa shape index (κ3) is 11.8. The van der Waals surface area contributed by atoms with Crippen molar-refractivity contribution in [2.24, 2.45) is 11.8 Å². The van der Waals surface area contributed by atoms with Crippen LogP contribution in [0.2, 0.25) is 0 Å². The number of benzene rings is 2. The standard InChI is InChI=1S/C38H56F4O/c1-3-5-7-9-11-12-13-15-17-29-18-20-30(21-19-29)22-23-31-24-25-32(36(40)35(31)39)33-26-27-34(38(42)37(33)41)43-28-16-14-10-8-6-4-2/h24-27,29-30H,3-23,28H2,1-2H3. The number of rotatable bonds is 21. The minimum Gasteiger partial charge on any atom is -0.490 e. The van der Waals surface area contributed by atoms with E-state index in [4.69, 9.17) is 4.74 Å². The molecular weight excluding hydrogens is 548 g/mol. The first-order valence-electron chi connectivity index (χ1n) is 17.5. The number of aryl methyl sites for hydroxylation is 1. The van der Waals surface area contributed by atoms with E-state index in [1.165, 1.54) is 108 Å². The van der Waals surface area contributed by atoms with Crippen molar-refractivity contribution in [3.05, 3.63) is 53.1 Å². The first-order valence-corrected chi connectivity index (χ1v) is 17.5. The van der Waals surface area contributed by atoms with E-state index < -0.39 is 23.3 Å². The molecule has 0 atom stereocenters. The molecule has 1 nitrogen and oxygen atoms in total. The van der Waals surface area contributed by atoms with Crippen LogP contribution in [-0.4, -0.2) is 6.61 Å². The van der Waals surface area contributed by atoms with E-state index in [1.54, 1.807) is 0 Å². The average Bonchev–Trinajstić information content (AvgIpc) is 3.02. The summed E-state index contributed by atoms with van der Waals surface area (Å²) >= 11 is 0. The van der Waals surface area contributed by atoms with Gasteiger partial charge in [0.25, 0.3) is 0 Å². The zero-order valence-electron chi connectivity index (χ0n) is 26.9. The fraction of sp³-hybridized carbons (Fsp3) is 0.684. The molecule has 0 saturated heterocycles. The van der Waals surface area contributed by atoms with Gasteiger partial charge >= 0.3 is 0 Å². The van der Waals surface area contributed by atoms with Crippen LogP contribution in [0.3, 0.4) is 0 Å². The van der Waals surface area contributed by atoms with Crippen LogP contribution in [0.1, 0.15) is 148 Å². The topological polar surface area (TPSA) is 9.23 Å². The summed E-state index contributed by atoms with van der Waals surface area (Å²) in [7, 11) is 0. The monoisotopic (exact) mass is 604 g/mol. The van der Waals surface area contributed by atoms with Crippen molar-refractivity contribution in [2.75, 3.05) is 6.61 Å². The Hall–Kier alpha value is -2.04. The minimum absolute atomic E-state index is 0.195. The van der Waals surface area contributed by atoms with Crippen LogP contribution >= 0.6 is 0 Å². The van der Waals surface area contributed by atoms with Crippen molar-refractivity contribution in [2.45, 2.75) is 149 Å². The summed E-state index contributed by atoms with van der Waals surface area (Å²) in [6.07, 6.45) is 24.6. The van der Waals surface area contributed by atoms with Gasteiger partial charge in [0.15, 0.2) is 23.2 Å². The summed E-state index contributed by atoms with van der Waals surface area (Å²) in [6.45, 7) is 4.70. The lowest BCUT2D eigenvalue weighted by atomic mass is 9.77. The Kier molecular flexibility index (Phi) is 16.5. The smallest absolute Gasteiger partial charge is 0.201 e. The Morgan fingerprint density at radius 2 is 1.02 bits per heavy atom. The number of unbranched alkanes of at least 4 members (excludes halogenated alkanes) is 12. The number of halogens is 4. The van der Waals surface area contributed by atoms with Gasteiger partial charge in [0.1, 0.15) is 0 Å². The van der Waals surface area contributed by atoms with Crippen molar-refractivity contribution >= 4 is 0 Å². The van der Waals surface area contributed by atoms with Crippen molar-refractivity contribution < 1.29 is 22.3 Å². The molecule has 0 radical (unpaired) electrons. The molecule has 0 aromatic heterocycles. The zero-order chi connectivity index (χ0) is 30.9. The summed E-state index contributed by atoms with van der Waals surface area (Å²) < 4.78 is 65.3. The maximum Gasteiger partial charge on any atom is 0.201 e. The number of hydrogen-bond acceptors (Lipinski definition) is 1. The molecular formula is C38H56F4O.